The van der Waals surface area contributed by atoms with Crippen LogP contribution in [0.5, 0.6) is 0 Å². The summed E-state index contributed by atoms with van der Waals surface area (Å²) in [4.78, 5) is 24.6. The van der Waals surface area contributed by atoms with Gasteiger partial charge >= 0.3 is 12.3 Å². The highest BCUT2D eigenvalue weighted by Gasteiger charge is 2.30. The van der Waals surface area contributed by atoms with Gasteiger partial charge in [-0.2, -0.15) is 13.2 Å². The molecule has 0 bridgehead atoms. The van der Waals surface area contributed by atoms with Gasteiger partial charge in [0.05, 0.1) is 12.7 Å². The van der Waals surface area contributed by atoms with Gasteiger partial charge in [0, 0.05) is 42.7 Å². The molecule has 1 saturated heterocycles. The Balaban J connectivity index is 1.32. The average molecular weight is 624 g/mol. The van der Waals surface area contributed by atoms with Crippen LogP contribution < -0.4 is 16.0 Å². The molecule has 2 atom stereocenters. The smallest absolute Gasteiger partial charge is 0.422 e. The maximum atomic E-state index is 14.9. The third-order valence-electron chi connectivity index (χ3n) is 7.07. The zero-order chi connectivity index (χ0) is 31.7. The van der Waals surface area contributed by atoms with Crippen molar-refractivity contribution in [2.24, 2.45) is 0 Å². The summed E-state index contributed by atoms with van der Waals surface area (Å²) < 4.78 is 88.4. The molecule has 0 aliphatic carbocycles. The first kappa shape index (κ1) is 32.8. The highest BCUT2D eigenvalue weighted by Crippen LogP contribution is 2.30. The first-order chi connectivity index (χ1) is 21.0. The molecule has 1 fully saturated rings. The predicted molar refractivity (Wildman–Crippen MR) is 150 cm³/mol. The second kappa shape index (κ2) is 15.1. The van der Waals surface area contributed by atoms with Crippen LogP contribution in [0.25, 0.3) is 0 Å². The molecule has 0 saturated carbocycles. The number of carbonyl (C=O) groups is 2. The van der Waals surface area contributed by atoms with Gasteiger partial charge in [-0.15, -0.1) is 0 Å². The Morgan fingerprint density at radius 1 is 0.955 bits per heavy atom. The number of alkyl carbamates (subject to hydrolysis) is 1. The van der Waals surface area contributed by atoms with Gasteiger partial charge in [-0.3, -0.25) is 4.79 Å². The highest BCUT2D eigenvalue weighted by molar-refractivity contribution is 5.92. The number of carbonyl (C=O) groups excluding carboxylic acids is 2. The van der Waals surface area contributed by atoms with Crippen LogP contribution in [0.15, 0.2) is 66.7 Å². The molecular weight excluding hydrogens is 592 g/mol. The Kier molecular flexibility index (Phi) is 11.2. The second-order valence-corrected chi connectivity index (χ2v) is 10.3. The third kappa shape index (κ3) is 9.98. The molecule has 0 spiro atoms. The minimum absolute atomic E-state index is 0.0102. The van der Waals surface area contributed by atoms with Crippen molar-refractivity contribution in [3.8, 4) is 0 Å². The number of nitrogens with one attached hydrogen (secondary N) is 3. The summed E-state index contributed by atoms with van der Waals surface area (Å²) in [5.74, 6) is -2.32. The molecule has 13 heteroatoms. The van der Waals surface area contributed by atoms with Crippen LogP contribution in [0.1, 0.15) is 35.4 Å². The summed E-state index contributed by atoms with van der Waals surface area (Å²) in [5, 5.41) is 8.15. The number of benzene rings is 3. The van der Waals surface area contributed by atoms with Gasteiger partial charge in [0.2, 0.25) is 5.91 Å². The van der Waals surface area contributed by atoms with Crippen LogP contribution in [-0.4, -0.2) is 56.6 Å². The molecule has 1 aliphatic rings. The first-order valence-electron chi connectivity index (χ1n) is 13.9. The van der Waals surface area contributed by atoms with Crippen molar-refractivity contribution in [1.29, 1.82) is 0 Å². The van der Waals surface area contributed by atoms with Crippen molar-refractivity contribution in [2.45, 2.75) is 43.5 Å². The molecular formula is C31H31F6N3O4. The van der Waals surface area contributed by atoms with Crippen molar-refractivity contribution in [1.82, 2.24) is 10.6 Å². The Morgan fingerprint density at radius 2 is 1.59 bits per heavy atom. The van der Waals surface area contributed by atoms with Gasteiger partial charge in [0.1, 0.15) is 17.5 Å². The topological polar surface area (TPSA) is 88.7 Å². The van der Waals surface area contributed by atoms with Gasteiger partial charge in [0.25, 0.3) is 0 Å². The highest BCUT2D eigenvalue weighted by atomic mass is 19.4. The zero-order valence-electron chi connectivity index (χ0n) is 23.4. The van der Waals surface area contributed by atoms with E-state index in [4.69, 9.17) is 4.74 Å². The lowest BCUT2D eigenvalue weighted by Crippen LogP contribution is -2.51. The van der Waals surface area contributed by atoms with Crippen molar-refractivity contribution < 1.29 is 45.4 Å². The SMILES string of the molecule is O=C(CC(c1ccc(F)cc1)c1ccc(F)cc1)Nc1cccc(F)c1CCC1CNC(CNC(=O)OCC(F)(F)F)CO1. The van der Waals surface area contributed by atoms with Crippen molar-refractivity contribution in [2.75, 3.05) is 31.6 Å². The van der Waals surface area contributed by atoms with Gasteiger partial charge < -0.3 is 25.4 Å². The molecule has 3 N–H and O–H groups in total. The third-order valence-corrected chi connectivity index (χ3v) is 7.07. The molecule has 3 aromatic rings. The Labute approximate surface area is 249 Å². The molecule has 2 unspecified atom stereocenters. The molecule has 1 aliphatic heterocycles. The molecule has 2 amide bonds. The van der Waals surface area contributed by atoms with E-state index in [9.17, 15) is 35.9 Å². The van der Waals surface area contributed by atoms with E-state index in [2.05, 4.69) is 20.7 Å². The van der Waals surface area contributed by atoms with E-state index < -0.39 is 48.2 Å². The van der Waals surface area contributed by atoms with Crippen LogP contribution in [0.3, 0.4) is 0 Å². The summed E-state index contributed by atoms with van der Waals surface area (Å²) in [6.07, 6.45) is -5.59. The molecule has 44 heavy (non-hydrogen) atoms. The van der Waals surface area contributed by atoms with Gasteiger partial charge in [-0.25, -0.2) is 18.0 Å². The molecule has 3 aromatic carbocycles. The zero-order valence-corrected chi connectivity index (χ0v) is 23.4. The quantitative estimate of drug-likeness (QED) is 0.234. The number of morpholine rings is 1. The molecule has 236 valence electrons. The predicted octanol–water partition coefficient (Wildman–Crippen LogP) is 5.84. The van der Waals surface area contributed by atoms with Crippen LogP contribution in [0, 0.1) is 17.5 Å². The van der Waals surface area contributed by atoms with E-state index in [1.54, 1.807) is 30.3 Å². The van der Waals surface area contributed by atoms with Gasteiger partial charge in [-0.05, 0) is 60.4 Å². The number of ether oxygens (including phenoxy) is 2. The molecule has 7 nitrogen and oxygen atoms in total. The van der Waals surface area contributed by atoms with Crippen LogP contribution in [0.2, 0.25) is 0 Å². The van der Waals surface area contributed by atoms with E-state index in [1.807, 2.05) is 0 Å². The van der Waals surface area contributed by atoms with Crippen LogP contribution in [-0.2, 0) is 20.7 Å². The minimum atomic E-state index is -4.62. The number of amides is 2. The number of anilines is 1. The van der Waals surface area contributed by atoms with Gasteiger partial charge in [0.15, 0.2) is 6.61 Å². The molecule has 0 radical (unpaired) electrons. The summed E-state index contributed by atoms with van der Waals surface area (Å²) in [5.41, 5.74) is 1.87. The fourth-order valence-corrected chi connectivity index (χ4v) is 4.83. The number of hydrogen-bond acceptors (Lipinski definition) is 5. The van der Waals surface area contributed by atoms with Crippen molar-refractivity contribution in [3.05, 3.63) is 101 Å². The number of rotatable bonds is 11. The normalized spacial score (nSPS) is 16.9. The maximum absolute atomic E-state index is 14.9. The molecule has 1 heterocycles. The Morgan fingerprint density at radius 3 is 2.16 bits per heavy atom. The van der Waals surface area contributed by atoms with E-state index in [-0.39, 0.29) is 49.4 Å². The number of hydrogen-bond donors (Lipinski definition) is 3. The van der Waals surface area contributed by atoms with E-state index in [1.165, 1.54) is 36.4 Å². The van der Waals surface area contributed by atoms with Crippen molar-refractivity contribution in [3.63, 3.8) is 0 Å². The maximum Gasteiger partial charge on any atom is 0.422 e. The molecule has 0 aromatic heterocycles. The Hall–Kier alpha value is -4.10. The van der Waals surface area contributed by atoms with E-state index >= 15 is 0 Å². The monoisotopic (exact) mass is 623 g/mol. The summed E-state index contributed by atoms with van der Waals surface area (Å²) in [7, 11) is 0. The van der Waals surface area contributed by atoms with Crippen molar-refractivity contribution >= 4 is 17.7 Å². The number of halogens is 6. The second-order valence-electron chi connectivity index (χ2n) is 10.3. The summed E-state index contributed by atoms with van der Waals surface area (Å²) in [6, 6.07) is 15.3. The average Bonchev–Trinajstić information content (AvgIpc) is 2.99. The first-order valence-corrected chi connectivity index (χ1v) is 13.9. The van der Waals surface area contributed by atoms with Gasteiger partial charge in [-0.1, -0.05) is 30.3 Å². The van der Waals surface area contributed by atoms with Crippen LogP contribution >= 0.6 is 0 Å². The summed E-state index contributed by atoms with van der Waals surface area (Å²) >= 11 is 0. The largest absolute Gasteiger partial charge is 0.440 e. The lowest BCUT2D eigenvalue weighted by molar-refractivity contribution is -0.160. The summed E-state index contributed by atoms with van der Waals surface area (Å²) in [6.45, 7) is -1.20. The number of alkyl halides is 3. The lowest BCUT2D eigenvalue weighted by Gasteiger charge is -2.30. The minimum Gasteiger partial charge on any atom is -0.440 e. The van der Waals surface area contributed by atoms with Crippen LogP contribution in [0.4, 0.5) is 36.8 Å². The van der Waals surface area contributed by atoms with E-state index in [0.717, 1.165) is 0 Å². The fraction of sp³-hybridized carbons (Fsp3) is 0.355. The molecule has 4 rings (SSSR count). The van der Waals surface area contributed by atoms with E-state index in [0.29, 0.717) is 24.1 Å². The Bertz CT molecular complexity index is 1350. The standard InChI is InChI=1S/C31H31F6N3O4/c32-21-8-4-19(5-9-21)26(20-6-10-22(33)11-7-20)14-29(41)40-28-3-1-2-27(34)25(28)13-12-24-16-38-23(17-43-24)15-39-30(42)44-18-31(35,36)37/h1-11,23-24,26,38H,12-18H2,(H,39,42)(H,40,41). The fourth-order valence-electron chi connectivity index (χ4n) is 4.83. The lowest BCUT2D eigenvalue weighted by atomic mass is 9.88.